The summed E-state index contributed by atoms with van der Waals surface area (Å²) in [7, 11) is 1.39. The van der Waals surface area contributed by atoms with Gasteiger partial charge >= 0.3 is 5.97 Å². The zero-order valence-corrected chi connectivity index (χ0v) is 14.8. The molecular weight excluding hydrogens is 325 g/mol. The molecular formula is C16H21ClFNO4. The van der Waals surface area contributed by atoms with Crippen molar-refractivity contribution >= 4 is 29.2 Å². The fourth-order valence-corrected chi connectivity index (χ4v) is 1.81. The van der Waals surface area contributed by atoms with Gasteiger partial charge in [-0.15, -0.1) is 0 Å². The van der Waals surface area contributed by atoms with Gasteiger partial charge in [-0.3, -0.25) is 4.79 Å². The molecule has 0 atom stereocenters. The summed E-state index contributed by atoms with van der Waals surface area (Å²) in [6, 6.07) is 2.32. The van der Waals surface area contributed by atoms with Gasteiger partial charge in [-0.25, -0.2) is 9.18 Å². The van der Waals surface area contributed by atoms with E-state index in [9.17, 15) is 14.0 Å². The van der Waals surface area contributed by atoms with E-state index >= 15 is 0 Å². The first kappa shape index (κ1) is 19.4. The van der Waals surface area contributed by atoms with E-state index in [1.165, 1.54) is 13.2 Å². The van der Waals surface area contributed by atoms with E-state index in [-0.39, 0.29) is 10.7 Å². The molecule has 0 spiro atoms. The van der Waals surface area contributed by atoms with Gasteiger partial charge in [0.15, 0.2) is 0 Å². The Labute approximate surface area is 140 Å². The normalized spacial score (nSPS) is 12.0. The summed E-state index contributed by atoms with van der Waals surface area (Å²) in [5.74, 6) is -2.21. The molecule has 1 aromatic carbocycles. The zero-order valence-electron chi connectivity index (χ0n) is 14.0. The lowest BCUT2D eigenvalue weighted by atomic mass is 10.1. The number of carbonyl (C=O) groups excluding carboxylic acids is 2. The number of esters is 1. The van der Waals surface area contributed by atoms with Crippen molar-refractivity contribution in [3.05, 3.63) is 28.5 Å². The predicted octanol–water partition coefficient (Wildman–Crippen LogP) is 3.80. The minimum absolute atomic E-state index is 0.101. The average molecular weight is 346 g/mol. The predicted molar refractivity (Wildman–Crippen MR) is 86.3 cm³/mol. The third-order valence-electron chi connectivity index (χ3n) is 3.00. The minimum Gasteiger partial charge on any atom is -0.456 e. The van der Waals surface area contributed by atoms with E-state index in [1.807, 2.05) is 0 Å². The third kappa shape index (κ3) is 4.91. The highest BCUT2D eigenvalue weighted by Gasteiger charge is 2.29. The molecule has 1 rings (SSSR count). The van der Waals surface area contributed by atoms with Crippen LogP contribution in [0.3, 0.4) is 0 Å². The number of ether oxygens (including phenoxy) is 2. The summed E-state index contributed by atoms with van der Waals surface area (Å²) in [6.07, 6.45) is 0. The van der Waals surface area contributed by atoms with Crippen LogP contribution < -0.4 is 5.32 Å². The molecule has 1 N–H and O–H groups in total. The number of rotatable bonds is 4. The third-order valence-corrected chi connectivity index (χ3v) is 3.39. The quantitative estimate of drug-likeness (QED) is 0.843. The Kier molecular flexibility index (Phi) is 5.77. The van der Waals surface area contributed by atoms with Crippen LogP contribution >= 0.6 is 11.6 Å². The van der Waals surface area contributed by atoms with Crippen LogP contribution in [-0.4, -0.2) is 30.2 Å². The number of nitrogens with one attached hydrogen (secondary N) is 1. The molecule has 1 amide bonds. The van der Waals surface area contributed by atoms with Gasteiger partial charge in [-0.1, -0.05) is 11.6 Å². The number of hydrogen-bond donors (Lipinski definition) is 1. The van der Waals surface area contributed by atoms with Gasteiger partial charge < -0.3 is 14.8 Å². The lowest BCUT2D eigenvalue weighted by Gasteiger charge is -2.23. The largest absolute Gasteiger partial charge is 0.456 e. The smallest absolute Gasteiger partial charge is 0.343 e. The van der Waals surface area contributed by atoms with Crippen molar-refractivity contribution in [3.63, 3.8) is 0 Å². The van der Waals surface area contributed by atoms with Crippen molar-refractivity contribution in [2.45, 2.75) is 45.8 Å². The Bertz CT molecular complexity index is 623. The molecule has 0 aliphatic rings. The van der Waals surface area contributed by atoms with Crippen LogP contribution in [0.1, 0.15) is 45.0 Å². The van der Waals surface area contributed by atoms with Crippen LogP contribution in [-0.2, 0) is 14.3 Å². The van der Waals surface area contributed by atoms with Crippen LogP contribution in [0.25, 0.3) is 0 Å². The van der Waals surface area contributed by atoms with Crippen LogP contribution in [0.15, 0.2) is 12.1 Å². The van der Waals surface area contributed by atoms with Crippen LogP contribution in [0, 0.1) is 5.82 Å². The van der Waals surface area contributed by atoms with Crippen molar-refractivity contribution in [1.82, 2.24) is 0 Å². The lowest BCUT2D eigenvalue weighted by molar-refractivity contribution is -0.133. The first-order valence-electron chi connectivity index (χ1n) is 6.97. The number of anilines is 1. The Balaban J connectivity index is 3.18. The molecule has 0 aliphatic carbocycles. The second-order valence-corrected chi connectivity index (χ2v) is 6.83. The maximum atomic E-state index is 14.0. The molecule has 0 radical (unpaired) electrons. The number of amides is 1. The first-order chi connectivity index (χ1) is 10.4. The van der Waals surface area contributed by atoms with Gasteiger partial charge in [0.25, 0.3) is 5.91 Å². The van der Waals surface area contributed by atoms with Gasteiger partial charge in [-0.05, 0) is 46.8 Å². The average Bonchev–Trinajstić information content (AvgIpc) is 2.39. The van der Waals surface area contributed by atoms with E-state index in [1.54, 1.807) is 34.6 Å². The highest BCUT2D eigenvalue weighted by Crippen LogP contribution is 2.30. The summed E-state index contributed by atoms with van der Waals surface area (Å²) in [4.78, 5) is 24.2. The molecule has 0 bridgehead atoms. The number of carbonyl (C=O) groups is 2. The molecule has 0 heterocycles. The van der Waals surface area contributed by atoms with Crippen molar-refractivity contribution in [1.29, 1.82) is 0 Å². The molecule has 128 valence electrons. The topological polar surface area (TPSA) is 64.6 Å². The lowest BCUT2D eigenvalue weighted by Crippen LogP contribution is -2.39. The van der Waals surface area contributed by atoms with E-state index in [0.29, 0.717) is 0 Å². The molecule has 0 aromatic heterocycles. The number of halogens is 2. The van der Waals surface area contributed by atoms with E-state index in [4.69, 9.17) is 21.1 Å². The van der Waals surface area contributed by atoms with Crippen molar-refractivity contribution < 1.29 is 23.5 Å². The molecule has 0 aliphatic heterocycles. The summed E-state index contributed by atoms with van der Waals surface area (Å²) < 4.78 is 24.2. The monoisotopic (exact) mass is 345 g/mol. The molecule has 5 nitrogen and oxygen atoms in total. The molecule has 0 unspecified atom stereocenters. The summed E-state index contributed by atoms with van der Waals surface area (Å²) in [5.41, 5.74) is -2.23. The first-order valence-corrected chi connectivity index (χ1v) is 7.35. The van der Waals surface area contributed by atoms with Crippen molar-refractivity contribution in [3.8, 4) is 0 Å². The molecule has 7 heteroatoms. The fourth-order valence-electron chi connectivity index (χ4n) is 1.53. The van der Waals surface area contributed by atoms with Gasteiger partial charge in [0, 0.05) is 7.11 Å². The number of hydrogen-bond acceptors (Lipinski definition) is 4. The highest BCUT2D eigenvalue weighted by molar-refractivity contribution is 6.36. The van der Waals surface area contributed by atoms with E-state index in [2.05, 4.69) is 5.32 Å². The second-order valence-electron chi connectivity index (χ2n) is 6.45. The van der Waals surface area contributed by atoms with Gasteiger partial charge in [0.05, 0.1) is 10.7 Å². The second kappa shape index (κ2) is 6.84. The Morgan fingerprint density at radius 2 is 1.74 bits per heavy atom. The maximum Gasteiger partial charge on any atom is 0.343 e. The highest BCUT2D eigenvalue weighted by atomic mass is 35.5. The van der Waals surface area contributed by atoms with Gasteiger partial charge in [0.1, 0.15) is 22.6 Å². The number of methoxy groups -OCH3 is 1. The summed E-state index contributed by atoms with van der Waals surface area (Å²) >= 11 is 6.08. The van der Waals surface area contributed by atoms with E-state index < -0.39 is 34.5 Å². The Morgan fingerprint density at radius 3 is 2.22 bits per heavy atom. The maximum absolute atomic E-state index is 14.0. The SMILES string of the molecule is COC(C)(C)C(=O)Nc1ccc(F)c(C(=O)OC(C)(C)C)c1Cl. The molecule has 1 aromatic rings. The summed E-state index contributed by atoms with van der Waals surface area (Å²) in [6.45, 7) is 8.10. The van der Waals surface area contributed by atoms with Crippen LogP contribution in [0.5, 0.6) is 0 Å². The fraction of sp³-hybridized carbons (Fsp3) is 0.500. The Hall–Kier alpha value is -1.66. The van der Waals surface area contributed by atoms with Gasteiger partial charge in [0.2, 0.25) is 0 Å². The standard InChI is InChI=1S/C16H21ClFNO4/c1-15(2,3)23-13(20)11-9(18)7-8-10(12(11)17)19-14(21)16(4,5)22-6/h7-8H,1-6H3,(H,19,21). The Morgan fingerprint density at radius 1 is 1.17 bits per heavy atom. The molecule has 0 saturated carbocycles. The van der Waals surface area contributed by atoms with Crippen molar-refractivity contribution in [2.24, 2.45) is 0 Å². The summed E-state index contributed by atoms with van der Waals surface area (Å²) in [5, 5.41) is 2.29. The molecule has 23 heavy (non-hydrogen) atoms. The zero-order chi connectivity index (χ0) is 18.0. The van der Waals surface area contributed by atoms with Crippen LogP contribution in [0.2, 0.25) is 5.02 Å². The minimum atomic E-state index is -1.11. The molecule has 0 saturated heterocycles. The van der Waals surface area contributed by atoms with E-state index in [0.717, 1.165) is 6.07 Å². The van der Waals surface area contributed by atoms with Gasteiger partial charge in [-0.2, -0.15) is 0 Å². The molecule has 0 fully saturated rings. The van der Waals surface area contributed by atoms with Crippen molar-refractivity contribution in [2.75, 3.05) is 12.4 Å². The number of benzene rings is 1. The van der Waals surface area contributed by atoms with Crippen LogP contribution in [0.4, 0.5) is 10.1 Å².